The van der Waals surface area contributed by atoms with Gasteiger partial charge in [-0.2, -0.15) is 0 Å². The predicted octanol–water partition coefficient (Wildman–Crippen LogP) is 3.63. The first-order valence-electron chi connectivity index (χ1n) is 7.10. The Hall–Kier alpha value is -2.73. The number of H-pyrrole nitrogens is 1. The minimum Gasteiger partial charge on any atom is -0.451 e. The summed E-state index contributed by atoms with van der Waals surface area (Å²) in [5.41, 5.74) is -0.141. The fourth-order valence-corrected chi connectivity index (χ4v) is 2.40. The normalized spacial score (nSPS) is 12.1. The van der Waals surface area contributed by atoms with E-state index in [9.17, 15) is 14.0 Å². The van der Waals surface area contributed by atoms with Crippen LogP contribution in [0.5, 0.6) is 0 Å². The van der Waals surface area contributed by atoms with Crippen LogP contribution in [0, 0.1) is 5.82 Å². The molecule has 1 N–H and O–H groups in total. The van der Waals surface area contributed by atoms with Gasteiger partial charge in [0.2, 0.25) is 0 Å². The Bertz CT molecular complexity index is 987. The fraction of sp³-hybridized carbons (Fsp3) is 0.118. The average molecular weight is 347 g/mol. The summed E-state index contributed by atoms with van der Waals surface area (Å²) < 4.78 is 18.9. The maximum atomic E-state index is 13.7. The number of nitrogens with zero attached hydrogens (tertiary/aromatic N) is 1. The van der Waals surface area contributed by atoms with Gasteiger partial charge in [-0.05, 0) is 37.3 Å². The summed E-state index contributed by atoms with van der Waals surface area (Å²) in [7, 11) is 0. The summed E-state index contributed by atoms with van der Waals surface area (Å²) in [6.45, 7) is 1.54. The van der Waals surface area contributed by atoms with E-state index in [2.05, 4.69) is 9.97 Å². The first-order chi connectivity index (χ1) is 11.5. The first-order valence-corrected chi connectivity index (χ1v) is 7.48. The van der Waals surface area contributed by atoms with Crippen molar-refractivity contribution in [1.29, 1.82) is 0 Å². The zero-order valence-corrected chi connectivity index (χ0v) is 13.3. The van der Waals surface area contributed by atoms with Gasteiger partial charge >= 0.3 is 5.97 Å². The topological polar surface area (TPSA) is 72.0 Å². The molecule has 0 radical (unpaired) electrons. The Morgan fingerprint density at radius 2 is 2.04 bits per heavy atom. The molecule has 7 heteroatoms. The van der Waals surface area contributed by atoms with Crippen LogP contribution in [0.2, 0.25) is 5.02 Å². The van der Waals surface area contributed by atoms with E-state index in [1.165, 1.54) is 19.1 Å². The molecule has 0 unspecified atom stereocenters. The highest BCUT2D eigenvalue weighted by atomic mass is 35.5. The predicted molar refractivity (Wildman–Crippen MR) is 87.6 cm³/mol. The number of esters is 1. The van der Waals surface area contributed by atoms with E-state index in [4.69, 9.17) is 16.3 Å². The molecule has 24 heavy (non-hydrogen) atoms. The van der Waals surface area contributed by atoms with Gasteiger partial charge in [-0.15, -0.1) is 0 Å². The number of rotatable bonds is 3. The zero-order chi connectivity index (χ0) is 17.3. The van der Waals surface area contributed by atoms with E-state index >= 15 is 0 Å². The second-order valence-corrected chi connectivity index (χ2v) is 5.58. The maximum Gasteiger partial charge on any atom is 0.341 e. The second kappa shape index (κ2) is 6.41. The summed E-state index contributed by atoms with van der Waals surface area (Å²) in [6, 6.07) is 10.4. The molecule has 5 nitrogen and oxygen atoms in total. The highest BCUT2D eigenvalue weighted by Crippen LogP contribution is 2.20. The Morgan fingerprint density at radius 1 is 1.29 bits per heavy atom. The molecule has 0 aliphatic carbocycles. The van der Waals surface area contributed by atoms with Crippen molar-refractivity contribution in [3.63, 3.8) is 0 Å². The summed E-state index contributed by atoms with van der Waals surface area (Å²) in [6.07, 6.45) is -0.867. The molecule has 0 saturated carbocycles. The SMILES string of the molecule is C[C@H](OC(=O)c1cc(Cl)ccc1F)c1nc2ccccc2c(=O)[nH]1. The van der Waals surface area contributed by atoms with Gasteiger partial charge in [-0.25, -0.2) is 14.2 Å². The van der Waals surface area contributed by atoms with Crippen molar-refractivity contribution in [2.24, 2.45) is 0 Å². The molecular weight excluding hydrogens is 335 g/mol. The third kappa shape index (κ3) is 3.14. The maximum absolute atomic E-state index is 13.7. The van der Waals surface area contributed by atoms with E-state index in [-0.39, 0.29) is 22.0 Å². The number of ether oxygens (including phenoxy) is 1. The third-order valence-electron chi connectivity index (χ3n) is 3.45. The second-order valence-electron chi connectivity index (χ2n) is 5.14. The van der Waals surface area contributed by atoms with Crippen molar-refractivity contribution in [3.8, 4) is 0 Å². The van der Waals surface area contributed by atoms with Crippen molar-refractivity contribution < 1.29 is 13.9 Å². The minimum absolute atomic E-state index is 0.175. The van der Waals surface area contributed by atoms with Crippen molar-refractivity contribution in [2.75, 3.05) is 0 Å². The number of halogens is 2. The molecule has 3 rings (SSSR count). The summed E-state index contributed by atoms with van der Waals surface area (Å²) in [4.78, 5) is 31.0. The quantitative estimate of drug-likeness (QED) is 0.735. The van der Waals surface area contributed by atoms with Crippen LogP contribution in [-0.4, -0.2) is 15.9 Å². The molecule has 122 valence electrons. The number of hydrogen-bond acceptors (Lipinski definition) is 4. The van der Waals surface area contributed by atoms with Gasteiger partial charge in [0.15, 0.2) is 11.9 Å². The van der Waals surface area contributed by atoms with E-state index < -0.39 is 17.9 Å². The number of fused-ring (bicyclic) bond motifs is 1. The van der Waals surface area contributed by atoms with Crippen LogP contribution in [0.1, 0.15) is 29.2 Å². The summed E-state index contributed by atoms with van der Waals surface area (Å²) in [5.74, 6) is -1.45. The van der Waals surface area contributed by atoms with Crippen LogP contribution in [-0.2, 0) is 4.74 Å². The van der Waals surface area contributed by atoms with Crippen molar-refractivity contribution in [3.05, 3.63) is 75.0 Å². The molecule has 1 heterocycles. The lowest BCUT2D eigenvalue weighted by Crippen LogP contribution is -2.18. The molecular formula is C17H12ClFN2O3. The highest BCUT2D eigenvalue weighted by Gasteiger charge is 2.19. The molecule has 0 saturated heterocycles. The van der Waals surface area contributed by atoms with E-state index in [0.717, 1.165) is 6.07 Å². The zero-order valence-electron chi connectivity index (χ0n) is 12.5. The van der Waals surface area contributed by atoms with Gasteiger partial charge in [-0.1, -0.05) is 23.7 Å². The molecule has 3 aromatic rings. The van der Waals surface area contributed by atoms with Gasteiger partial charge in [0.05, 0.1) is 16.5 Å². The lowest BCUT2D eigenvalue weighted by atomic mass is 10.2. The average Bonchev–Trinajstić information content (AvgIpc) is 2.57. The van der Waals surface area contributed by atoms with Gasteiger partial charge in [0.25, 0.3) is 5.56 Å². The van der Waals surface area contributed by atoms with Crippen molar-refractivity contribution >= 4 is 28.5 Å². The number of aromatic amines is 1. The van der Waals surface area contributed by atoms with Gasteiger partial charge in [0, 0.05) is 5.02 Å². The molecule has 0 amide bonds. The minimum atomic E-state index is -0.890. The fourth-order valence-electron chi connectivity index (χ4n) is 2.23. The van der Waals surface area contributed by atoms with Gasteiger partial charge < -0.3 is 9.72 Å². The van der Waals surface area contributed by atoms with E-state index in [1.807, 2.05) is 0 Å². The summed E-state index contributed by atoms with van der Waals surface area (Å²) >= 11 is 5.77. The lowest BCUT2D eigenvalue weighted by molar-refractivity contribution is 0.0314. The number of benzene rings is 2. The largest absolute Gasteiger partial charge is 0.451 e. The molecule has 0 aliphatic rings. The number of carbonyl (C=O) groups excluding carboxylic acids is 1. The number of nitrogens with one attached hydrogen (secondary N) is 1. The Labute approximate surface area is 141 Å². The molecule has 1 atom stereocenters. The van der Waals surface area contributed by atoms with Crippen molar-refractivity contribution in [1.82, 2.24) is 9.97 Å². The third-order valence-corrected chi connectivity index (χ3v) is 3.68. The van der Waals surface area contributed by atoms with E-state index in [1.54, 1.807) is 24.3 Å². The van der Waals surface area contributed by atoms with Crippen LogP contribution in [0.3, 0.4) is 0 Å². The smallest absolute Gasteiger partial charge is 0.341 e. The molecule has 1 aromatic heterocycles. The number of aromatic nitrogens is 2. The lowest BCUT2D eigenvalue weighted by Gasteiger charge is -2.13. The molecule has 0 bridgehead atoms. The van der Waals surface area contributed by atoms with Crippen LogP contribution in [0.25, 0.3) is 10.9 Å². The Morgan fingerprint density at radius 3 is 2.83 bits per heavy atom. The number of carbonyl (C=O) groups is 1. The first kappa shape index (κ1) is 16.1. The van der Waals surface area contributed by atoms with Crippen LogP contribution in [0.15, 0.2) is 47.3 Å². The van der Waals surface area contributed by atoms with Crippen LogP contribution >= 0.6 is 11.6 Å². The molecule has 0 spiro atoms. The summed E-state index contributed by atoms with van der Waals surface area (Å²) in [5, 5.41) is 0.647. The van der Waals surface area contributed by atoms with Crippen LogP contribution < -0.4 is 5.56 Å². The number of para-hydroxylation sites is 1. The van der Waals surface area contributed by atoms with Crippen LogP contribution in [0.4, 0.5) is 4.39 Å². The Kier molecular flexibility index (Phi) is 4.31. The monoisotopic (exact) mass is 346 g/mol. The standard InChI is InChI=1S/C17H12ClFN2O3/c1-9(24-17(23)12-8-10(18)6-7-13(12)19)15-20-14-5-3-2-4-11(14)16(22)21-15/h2-9H,1H3,(H,20,21,22)/t9-/m0/s1. The van der Waals surface area contributed by atoms with E-state index in [0.29, 0.717) is 10.9 Å². The van der Waals surface area contributed by atoms with Crippen molar-refractivity contribution in [2.45, 2.75) is 13.0 Å². The number of hydrogen-bond donors (Lipinski definition) is 1. The molecule has 2 aromatic carbocycles. The highest BCUT2D eigenvalue weighted by molar-refractivity contribution is 6.30. The van der Waals surface area contributed by atoms with Gasteiger partial charge in [-0.3, -0.25) is 4.79 Å². The molecule has 0 aliphatic heterocycles. The van der Waals surface area contributed by atoms with Gasteiger partial charge in [0.1, 0.15) is 5.82 Å². The molecule has 0 fully saturated rings. The Balaban J connectivity index is 1.89.